The number of nitro groups is 1. The maximum atomic E-state index is 11.5. The fourth-order valence-electron chi connectivity index (χ4n) is 1.67. The van der Waals surface area contributed by atoms with E-state index in [-0.39, 0.29) is 11.6 Å². The van der Waals surface area contributed by atoms with E-state index in [4.69, 9.17) is 4.84 Å². The van der Waals surface area contributed by atoms with Gasteiger partial charge in [0.05, 0.1) is 4.92 Å². The molecular weight excluding hydrogens is 250 g/mol. The first-order chi connectivity index (χ1) is 8.99. The van der Waals surface area contributed by atoms with Crippen molar-refractivity contribution >= 4 is 17.5 Å². The molecule has 2 rings (SSSR count). The van der Waals surface area contributed by atoms with Gasteiger partial charge in [0.25, 0.3) is 5.69 Å². The Hall–Kier alpha value is -2.44. The summed E-state index contributed by atoms with van der Waals surface area (Å²) in [6, 6.07) is 5.30. The Bertz CT molecular complexity index is 536. The molecule has 7 heteroatoms. The monoisotopic (exact) mass is 263 g/mol. The van der Waals surface area contributed by atoms with Crippen LogP contribution in [0.25, 0.3) is 0 Å². The molecule has 1 unspecified atom stereocenters. The first-order valence-electron chi connectivity index (χ1n) is 5.78. The normalized spacial score (nSPS) is 18.6. The molecule has 1 aliphatic rings. The number of nitrogens with zero attached hydrogens (tertiary/aromatic N) is 2. The number of benzene rings is 1. The predicted molar refractivity (Wildman–Crippen MR) is 67.5 cm³/mol. The van der Waals surface area contributed by atoms with E-state index in [9.17, 15) is 14.9 Å². The third-order valence-corrected chi connectivity index (χ3v) is 2.74. The number of carbonyl (C=O) groups excluding carboxylic acids is 1. The third kappa shape index (κ3) is 2.70. The number of nitro benzene ring substituents is 1. The lowest BCUT2D eigenvalue weighted by Crippen LogP contribution is -2.41. The highest BCUT2D eigenvalue weighted by atomic mass is 16.7. The lowest BCUT2D eigenvalue weighted by atomic mass is 10.0. The Kier molecular flexibility index (Phi) is 3.46. The summed E-state index contributed by atoms with van der Waals surface area (Å²) in [6.45, 7) is 3.74. The van der Waals surface area contributed by atoms with E-state index in [1.807, 2.05) is 13.8 Å². The molecule has 0 aliphatic carbocycles. The summed E-state index contributed by atoms with van der Waals surface area (Å²) < 4.78 is 0. The molecule has 1 heterocycles. The topological polar surface area (TPSA) is 93.8 Å². The number of rotatable bonds is 3. The number of non-ortho nitro benzene ring substituents is 1. The van der Waals surface area contributed by atoms with Crippen LogP contribution in [0.15, 0.2) is 29.3 Å². The molecule has 0 radical (unpaired) electrons. The van der Waals surface area contributed by atoms with Crippen molar-refractivity contribution in [3.05, 3.63) is 39.9 Å². The molecule has 1 atom stereocenters. The molecule has 1 aromatic rings. The van der Waals surface area contributed by atoms with Gasteiger partial charge < -0.3 is 4.84 Å². The van der Waals surface area contributed by atoms with Gasteiger partial charge in [-0.15, -0.1) is 0 Å². The van der Waals surface area contributed by atoms with E-state index >= 15 is 0 Å². The van der Waals surface area contributed by atoms with Crippen molar-refractivity contribution in [2.45, 2.75) is 19.9 Å². The smallest absolute Gasteiger partial charge is 0.339 e. The molecule has 0 saturated carbocycles. The van der Waals surface area contributed by atoms with Gasteiger partial charge in [0.1, 0.15) is 0 Å². The van der Waals surface area contributed by atoms with E-state index in [2.05, 4.69) is 10.5 Å². The molecule has 7 nitrogen and oxygen atoms in total. The zero-order valence-corrected chi connectivity index (χ0v) is 10.5. The molecule has 0 bridgehead atoms. The largest absolute Gasteiger partial charge is 0.356 e. The summed E-state index contributed by atoms with van der Waals surface area (Å²) >= 11 is 0. The van der Waals surface area contributed by atoms with Crippen molar-refractivity contribution < 1.29 is 14.6 Å². The fourth-order valence-corrected chi connectivity index (χ4v) is 1.67. The first kappa shape index (κ1) is 13.0. The average Bonchev–Trinajstić information content (AvgIpc) is 2.39. The van der Waals surface area contributed by atoms with E-state index in [1.165, 1.54) is 12.1 Å². The number of aliphatic imine (C=N–C) groups is 1. The van der Waals surface area contributed by atoms with Gasteiger partial charge in [-0.25, -0.2) is 15.3 Å². The van der Waals surface area contributed by atoms with E-state index in [0.29, 0.717) is 11.4 Å². The summed E-state index contributed by atoms with van der Waals surface area (Å²) in [4.78, 5) is 30.7. The molecule has 1 N–H and O–H groups in total. The van der Waals surface area contributed by atoms with Crippen LogP contribution in [0.4, 0.5) is 5.69 Å². The van der Waals surface area contributed by atoms with Gasteiger partial charge >= 0.3 is 5.97 Å². The van der Waals surface area contributed by atoms with Crippen LogP contribution in [0.3, 0.4) is 0 Å². The van der Waals surface area contributed by atoms with Gasteiger partial charge in [0.2, 0.25) is 0 Å². The number of nitrogens with one attached hydrogen (secondary N) is 1. The minimum absolute atomic E-state index is 0.00226. The van der Waals surface area contributed by atoms with Crippen molar-refractivity contribution in [3.63, 3.8) is 0 Å². The summed E-state index contributed by atoms with van der Waals surface area (Å²) in [5.74, 6) is -0.0171. The van der Waals surface area contributed by atoms with Crippen LogP contribution in [-0.2, 0) is 9.63 Å². The number of carbonyl (C=O) groups is 1. The van der Waals surface area contributed by atoms with Gasteiger partial charge in [0, 0.05) is 17.7 Å². The molecule has 0 spiro atoms. The molecule has 0 aromatic heterocycles. The Labute approximate surface area is 109 Å². The number of hydrogen-bond acceptors (Lipinski definition) is 6. The van der Waals surface area contributed by atoms with Crippen molar-refractivity contribution in [1.82, 2.24) is 5.48 Å². The van der Waals surface area contributed by atoms with Crippen LogP contribution < -0.4 is 5.48 Å². The maximum absolute atomic E-state index is 11.5. The Morgan fingerprint density at radius 1 is 1.37 bits per heavy atom. The van der Waals surface area contributed by atoms with Gasteiger partial charge in [0.15, 0.2) is 11.9 Å². The van der Waals surface area contributed by atoms with Crippen LogP contribution in [0, 0.1) is 16.0 Å². The average molecular weight is 263 g/mol. The second kappa shape index (κ2) is 5.05. The Morgan fingerprint density at radius 3 is 2.53 bits per heavy atom. The molecule has 1 aromatic carbocycles. The molecule has 19 heavy (non-hydrogen) atoms. The number of amidine groups is 1. The zero-order chi connectivity index (χ0) is 14.0. The van der Waals surface area contributed by atoms with Gasteiger partial charge in [-0.1, -0.05) is 13.8 Å². The highest BCUT2D eigenvalue weighted by Gasteiger charge is 2.28. The summed E-state index contributed by atoms with van der Waals surface area (Å²) in [7, 11) is 0. The lowest BCUT2D eigenvalue weighted by molar-refractivity contribution is -0.384. The van der Waals surface area contributed by atoms with Crippen molar-refractivity contribution in [2.24, 2.45) is 10.9 Å². The quantitative estimate of drug-likeness (QED) is 0.657. The fraction of sp³-hybridized carbons (Fsp3) is 0.333. The molecule has 0 saturated heterocycles. The number of hydrogen-bond donors (Lipinski definition) is 1. The third-order valence-electron chi connectivity index (χ3n) is 2.74. The van der Waals surface area contributed by atoms with E-state index in [0.717, 1.165) is 0 Å². The highest BCUT2D eigenvalue weighted by Crippen LogP contribution is 2.16. The summed E-state index contributed by atoms with van der Waals surface area (Å²) in [5.41, 5.74) is 3.08. The second-order valence-corrected chi connectivity index (χ2v) is 4.49. The van der Waals surface area contributed by atoms with Crippen LogP contribution in [0.1, 0.15) is 19.4 Å². The zero-order valence-electron chi connectivity index (χ0n) is 10.5. The minimum atomic E-state index is -0.563. The minimum Gasteiger partial charge on any atom is -0.339 e. The van der Waals surface area contributed by atoms with Crippen LogP contribution in [0.2, 0.25) is 0 Å². The van der Waals surface area contributed by atoms with Crippen LogP contribution in [-0.4, -0.2) is 22.8 Å². The van der Waals surface area contributed by atoms with Crippen LogP contribution >= 0.6 is 0 Å². The molecule has 100 valence electrons. The molecule has 0 fully saturated rings. The molecule has 0 amide bonds. The summed E-state index contributed by atoms with van der Waals surface area (Å²) in [6.07, 6.45) is 0. The first-order valence-corrected chi connectivity index (χ1v) is 5.78. The molecule has 1 aliphatic heterocycles. The Morgan fingerprint density at radius 2 is 2.00 bits per heavy atom. The Balaban J connectivity index is 2.28. The predicted octanol–water partition coefficient (Wildman–Crippen LogP) is 1.43. The van der Waals surface area contributed by atoms with Crippen LogP contribution in [0.5, 0.6) is 0 Å². The lowest BCUT2D eigenvalue weighted by Gasteiger charge is -2.22. The second-order valence-electron chi connectivity index (χ2n) is 4.49. The number of hydroxylamine groups is 1. The van der Waals surface area contributed by atoms with Crippen molar-refractivity contribution in [1.29, 1.82) is 0 Å². The van der Waals surface area contributed by atoms with E-state index in [1.54, 1.807) is 12.1 Å². The highest BCUT2D eigenvalue weighted by molar-refractivity contribution is 6.01. The van der Waals surface area contributed by atoms with E-state index < -0.39 is 16.9 Å². The SMILES string of the molecule is CC(C)C1N=C(c2ccc([N+](=O)[O-])cc2)NOC1=O. The standard InChI is InChI=1S/C12H13N3O4/c1-7(2)10-12(16)19-14-11(13-10)8-3-5-9(6-4-8)15(17)18/h3-7,10H,1-2H3,(H,13,14). The van der Waals surface area contributed by atoms with Gasteiger partial charge in [-0.2, -0.15) is 0 Å². The summed E-state index contributed by atoms with van der Waals surface area (Å²) in [5, 5.41) is 10.6. The van der Waals surface area contributed by atoms with Gasteiger partial charge in [-0.3, -0.25) is 10.1 Å². The van der Waals surface area contributed by atoms with Crippen molar-refractivity contribution in [2.75, 3.05) is 0 Å². The molecular formula is C12H13N3O4. The maximum Gasteiger partial charge on any atom is 0.356 e. The van der Waals surface area contributed by atoms with Crippen molar-refractivity contribution in [3.8, 4) is 0 Å². The van der Waals surface area contributed by atoms with Gasteiger partial charge in [-0.05, 0) is 18.1 Å².